The van der Waals surface area contributed by atoms with E-state index < -0.39 is 0 Å². The van der Waals surface area contributed by atoms with Gasteiger partial charge in [0.15, 0.2) is 0 Å². The lowest BCUT2D eigenvalue weighted by molar-refractivity contribution is -0.116. The van der Waals surface area contributed by atoms with Crippen LogP contribution in [-0.2, 0) is 11.2 Å². The van der Waals surface area contributed by atoms with E-state index in [2.05, 4.69) is 26.6 Å². The van der Waals surface area contributed by atoms with Gasteiger partial charge in [-0.05, 0) is 54.0 Å². The Labute approximate surface area is 174 Å². The molecule has 1 aromatic carbocycles. The number of nitrogens with zero attached hydrogens (tertiary/aromatic N) is 3. The van der Waals surface area contributed by atoms with Gasteiger partial charge in [0.2, 0.25) is 11.8 Å². The summed E-state index contributed by atoms with van der Waals surface area (Å²) in [5, 5.41) is 11.2. The molecule has 1 aliphatic heterocycles. The van der Waals surface area contributed by atoms with Gasteiger partial charge in [0, 0.05) is 36.5 Å². The lowest BCUT2D eigenvalue weighted by atomic mass is 10.0. The number of aromatic nitrogens is 3. The van der Waals surface area contributed by atoms with Gasteiger partial charge in [0.25, 0.3) is 0 Å². The maximum absolute atomic E-state index is 12.1. The normalized spacial score (nSPS) is 14.9. The molecule has 1 unspecified atom stereocenters. The van der Waals surface area contributed by atoms with Crippen LogP contribution in [0.3, 0.4) is 0 Å². The number of carbonyl (C=O) groups is 1. The van der Waals surface area contributed by atoms with Crippen LogP contribution in [0.2, 0.25) is 0 Å². The van der Waals surface area contributed by atoms with Gasteiger partial charge in [-0.2, -0.15) is 0 Å². The van der Waals surface area contributed by atoms with Gasteiger partial charge in [-0.15, -0.1) is 10.2 Å². The van der Waals surface area contributed by atoms with Crippen molar-refractivity contribution >= 4 is 12.0 Å². The lowest BCUT2D eigenvalue weighted by Gasteiger charge is -2.13. The average molecular weight is 402 g/mol. The Bertz CT molecular complexity index is 1070. The molecule has 3 aromatic rings. The summed E-state index contributed by atoms with van der Waals surface area (Å²) < 4.78 is 11.3. The highest BCUT2D eigenvalue weighted by molar-refractivity contribution is 5.91. The highest BCUT2D eigenvalue weighted by Gasteiger charge is 2.27. The summed E-state index contributed by atoms with van der Waals surface area (Å²) in [6.45, 7) is 2.46. The molecule has 3 heterocycles. The van der Waals surface area contributed by atoms with Crippen molar-refractivity contribution in [1.29, 1.82) is 0 Å². The zero-order valence-corrected chi connectivity index (χ0v) is 16.8. The van der Waals surface area contributed by atoms with Crippen molar-refractivity contribution in [3.63, 3.8) is 0 Å². The number of hydrogen-bond donors (Lipinski definition) is 1. The van der Waals surface area contributed by atoms with Crippen molar-refractivity contribution in [3.05, 3.63) is 71.6 Å². The van der Waals surface area contributed by atoms with E-state index in [-0.39, 0.29) is 12.0 Å². The topological polar surface area (TPSA) is 86.2 Å². The third-order valence-electron chi connectivity index (χ3n) is 4.80. The molecule has 30 heavy (non-hydrogen) atoms. The van der Waals surface area contributed by atoms with E-state index in [1.54, 1.807) is 31.6 Å². The molecule has 0 bridgehead atoms. The van der Waals surface area contributed by atoms with Crippen molar-refractivity contribution in [3.8, 4) is 22.9 Å². The fourth-order valence-electron chi connectivity index (χ4n) is 3.39. The quantitative estimate of drug-likeness (QED) is 0.638. The molecule has 0 radical (unpaired) electrons. The van der Waals surface area contributed by atoms with E-state index in [1.807, 2.05) is 31.2 Å². The first-order valence-corrected chi connectivity index (χ1v) is 9.66. The molecule has 0 spiro atoms. The number of fused-ring (bicyclic) bond motifs is 1. The minimum atomic E-state index is -0.163. The van der Waals surface area contributed by atoms with Gasteiger partial charge in [0.05, 0.1) is 19.3 Å². The smallest absolute Gasteiger partial charge is 0.244 e. The molecular formula is C23H22N4O3. The third-order valence-corrected chi connectivity index (χ3v) is 4.80. The Kier molecular flexibility index (Phi) is 5.70. The van der Waals surface area contributed by atoms with Gasteiger partial charge in [-0.1, -0.05) is 6.07 Å². The van der Waals surface area contributed by atoms with Gasteiger partial charge in [-0.25, -0.2) is 0 Å². The van der Waals surface area contributed by atoms with Crippen LogP contribution in [-0.4, -0.2) is 40.8 Å². The van der Waals surface area contributed by atoms with E-state index in [1.165, 1.54) is 6.08 Å². The summed E-state index contributed by atoms with van der Waals surface area (Å²) in [4.78, 5) is 16.1. The van der Waals surface area contributed by atoms with Crippen molar-refractivity contribution in [1.82, 2.24) is 20.5 Å². The zero-order valence-electron chi connectivity index (χ0n) is 16.8. The van der Waals surface area contributed by atoms with Crippen molar-refractivity contribution in [2.75, 3.05) is 13.7 Å². The summed E-state index contributed by atoms with van der Waals surface area (Å²) >= 11 is 0. The van der Waals surface area contributed by atoms with E-state index in [0.29, 0.717) is 12.4 Å². The number of ether oxygens (including phenoxy) is 2. The van der Waals surface area contributed by atoms with Crippen molar-refractivity contribution < 1.29 is 14.3 Å². The molecule has 2 aromatic heterocycles. The first kappa shape index (κ1) is 19.6. The second kappa shape index (κ2) is 8.73. The highest BCUT2D eigenvalue weighted by atomic mass is 16.5. The predicted octanol–water partition coefficient (Wildman–Crippen LogP) is 2.99. The number of benzene rings is 1. The molecule has 0 saturated heterocycles. The molecule has 1 amide bonds. The van der Waals surface area contributed by atoms with E-state index >= 15 is 0 Å². The largest absolute Gasteiger partial charge is 0.487 e. The number of hydrogen-bond acceptors (Lipinski definition) is 6. The van der Waals surface area contributed by atoms with Crippen LogP contribution in [0.15, 0.2) is 54.9 Å². The number of nitrogens with one attached hydrogen (secondary N) is 1. The fourth-order valence-corrected chi connectivity index (χ4v) is 3.39. The molecule has 0 saturated carbocycles. The van der Waals surface area contributed by atoms with E-state index in [9.17, 15) is 4.79 Å². The van der Waals surface area contributed by atoms with Crippen LogP contribution in [0.25, 0.3) is 17.3 Å². The summed E-state index contributed by atoms with van der Waals surface area (Å²) in [7, 11) is 1.56. The summed E-state index contributed by atoms with van der Waals surface area (Å²) in [6, 6.07) is 11.5. The minimum Gasteiger partial charge on any atom is -0.487 e. The molecule has 7 heteroatoms. The maximum Gasteiger partial charge on any atom is 0.244 e. The Morgan fingerprint density at radius 1 is 1.23 bits per heavy atom. The molecular weight excluding hydrogens is 380 g/mol. The van der Waals surface area contributed by atoms with Crippen molar-refractivity contribution in [2.45, 2.75) is 19.4 Å². The number of rotatable bonds is 6. The molecule has 7 nitrogen and oxygen atoms in total. The number of aryl methyl sites for hydroxylation is 1. The highest BCUT2D eigenvalue weighted by Crippen LogP contribution is 2.39. The van der Waals surface area contributed by atoms with Crippen LogP contribution in [0.1, 0.15) is 16.7 Å². The van der Waals surface area contributed by atoms with Crippen LogP contribution in [0.5, 0.6) is 11.6 Å². The first-order chi connectivity index (χ1) is 14.6. The molecule has 152 valence electrons. The fraction of sp³-hybridized carbons (Fsp3) is 0.217. The summed E-state index contributed by atoms with van der Waals surface area (Å²) in [5.41, 5.74) is 4.77. The minimum absolute atomic E-state index is 0.134. The lowest BCUT2D eigenvalue weighted by Crippen LogP contribution is -2.33. The van der Waals surface area contributed by atoms with Crippen LogP contribution >= 0.6 is 0 Å². The second-order valence-electron chi connectivity index (χ2n) is 7.06. The zero-order chi connectivity index (χ0) is 20.9. The van der Waals surface area contributed by atoms with Crippen LogP contribution in [0, 0.1) is 6.92 Å². The number of carbonyl (C=O) groups excluding carboxylic acids is 1. The Balaban J connectivity index is 1.42. The molecule has 0 fully saturated rings. The van der Waals surface area contributed by atoms with Crippen LogP contribution < -0.4 is 14.8 Å². The van der Waals surface area contributed by atoms with Crippen molar-refractivity contribution in [2.24, 2.45) is 0 Å². The first-order valence-electron chi connectivity index (χ1n) is 9.66. The SMILES string of the molecule is COc1ccc(-c2cc(C)cc3c2OC(CNC(=O)/C=C/c2ccncc2)C3)nn1. The van der Waals surface area contributed by atoms with Gasteiger partial charge < -0.3 is 14.8 Å². The predicted molar refractivity (Wildman–Crippen MR) is 113 cm³/mol. The van der Waals surface area contributed by atoms with Crippen LogP contribution in [0.4, 0.5) is 0 Å². The number of pyridine rings is 1. The summed E-state index contributed by atoms with van der Waals surface area (Å²) in [6.07, 6.45) is 7.24. The molecule has 1 N–H and O–H groups in total. The summed E-state index contributed by atoms with van der Waals surface area (Å²) in [5.74, 6) is 1.10. The third kappa shape index (κ3) is 4.46. The molecule has 4 rings (SSSR count). The maximum atomic E-state index is 12.1. The van der Waals surface area contributed by atoms with Gasteiger partial charge in [0.1, 0.15) is 11.9 Å². The second-order valence-corrected chi connectivity index (χ2v) is 7.06. The average Bonchev–Trinajstić information content (AvgIpc) is 3.19. The number of amides is 1. The monoisotopic (exact) mass is 402 g/mol. The van der Waals surface area contributed by atoms with Gasteiger partial charge in [-0.3, -0.25) is 9.78 Å². The Morgan fingerprint density at radius 2 is 2.07 bits per heavy atom. The van der Waals surface area contributed by atoms with E-state index in [4.69, 9.17) is 9.47 Å². The Hall–Kier alpha value is -3.74. The number of methoxy groups -OCH3 is 1. The Morgan fingerprint density at radius 3 is 2.80 bits per heavy atom. The standard InChI is InChI=1S/C23H22N4O3/c1-15-11-17-13-18(14-25-21(28)5-3-16-7-9-24-10-8-16)30-23(17)19(12-15)20-4-6-22(29-2)27-26-20/h3-12,18H,13-14H2,1-2H3,(H,25,28)/b5-3+. The molecule has 1 aliphatic rings. The van der Waals surface area contributed by atoms with Gasteiger partial charge >= 0.3 is 0 Å². The molecule has 0 aliphatic carbocycles. The van der Waals surface area contributed by atoms with E-state index in [0.717, 1.165) is 40.1 Å². The molecule has 1 atom stereocenters.